The lowest BCUT2D eigenvalue weighted by atomic mass is 10.2. The van der Waals surface area contributed by atoms with Crippen LogP contribution in [0.3, 0.4) is 0 Å². The van der Waals surface area contributed by atoms with Gasteiger partial charge in [-0.1, -0.05) is 24.6 Å². The summed E-state index contributed by atoms with van der Waals surface area (Å²) >= 11 is 5.97. The fraction of sp³-hybridized carbons (Fsp3) is 0.400. The summed E-state index contributed by atoms with van der Waals surface area (Å²) in [5.74, 6) is 0. The largest absolute Gasteiger partial charge is 0.313 e. The van der Waals surface area contributed by atoms with Crippen LogP contribution >= 0.6 is 11.6 Å². The number of sulfone groups is 1. The van der Waals surface area contributed by atoms with E-state index in [0.29, 0.717) is 22.0 Å². The van der Waals surface area contributed by atoms with Crippen molar-refractivity contribution in [1.82, 2.24) is 5.32 Å². The highest BCUT2D eigenvalue weighted by Gasteiger charge is 2.14. The predicted octanol–water partition coefficient (Wildman–Crippen LogP) is 1.85. The first kappa shape index (κ1) is 12.5. The van der Waals surface area contributed by atoms with Crippen LogP contribution in [0.15, 0.2) is 23.1 Å². The Balaban J connectivity index is 3.21. The maximum Gasteiger partial charge on any atom is 0.175 e. The summed E-state index contributed by atoms with van der Waals surface area (Å²) in [5.41, 5.74) is 0.642. The van der Waals surface area contributed by atoms with Crippen LogP contribution in [0.5, 0.6) is 0 Å². The molecule has 0 fully saturated rings. The van der Waals surface area contributed by atoms with Gasteiger partial charge in [-0.25, -0.2) is 8.42 Å². The topological polar surface area (TPSA) is 46.2 Å². The van der Waals surface area contributed by atoms with Gasteiger partial charge in [0.25, 0.3) is 0 Å². The third kappa shape index (κ3) is 3.19. The maximum absolute atomic E-state index is 11.5. The van der Waals surface area contributed by atoms with Crippen molar-refractivity contribution < 1.29 is 8.42 Å². The first-order valence-electron chi connectivity index (χ1n) is 4.65. The Kier molecular flexibility index (Phi) is 4.13. The summed E-state index contributed by atoms with van der Waals surface area (Å²) in [4.78, 5) is 0.302. The molecule has 5 heteroatoms. The molecule has 0 unspecified atom stereocenters. The van der Waals surface area contributed by atoms with Crippen molar-refractivity contribution in [2.24, 2.45) is 0 Å². The van der Waals surface area contributed by atoms with Gasteiger partial charge >= 0.3 is 0 Å². The second-order valence-corrected chi connectivity index (χ2v) is 5.66. The normalized spacial score (nSPS) is 11.7. The summed E-state index contributed by atoms with van der Waals surface area (Å²) in [6.45, 7) is 3.20. The summed E-state index contributed by atoms with van der Waals surface area (Å²) in [6, 6.07) is 4.92. The molecule has 0 bridgehead atoms. The van der Waals surface area contributed by atoms with Gasteiger partial charge in [0.15, 0.2) is 9.84 Å². The van der Waals surface area contributed by atoms with Crippen molar-refractivity contribution in [3.05, 3.63) is 28.8 Å². The van der Waals surface area contributed by atoms with Crippen LogP contribution in [-0.2, 0) is 16.4 Å². The van der Waals surface area contributed by atoms with Crippen LogP contribution in [-0.4, -0.2) is 21.2 Å². The SMILES string of the molecule is CCNCc1c(Cl)cccc1S(C)(=O)=O. The van der Waals surface area contributed by atoms with Crippen molar-refractivity contribution in [2.45, 2.75) is 18.4 Å². The average molecular weight is 248 g/mol. The smallest absolute Gasteiger partial charge is 0.175 e. The minimum Gasteiger partial charge on any atom is -0.313 e. The standard InChI is InChI=1S/C10H14ClNO2S/c1-3-12-7-8-9(11)5-4-6-10(8)15(2,13)14/h4-6,12H,3,7H2,1-2H3. The lowest BCUT2D eigenvalue weighted by molar-refractivity contribution is 0.599. The van der Waals surface area contributed by atoms with E-state index in [2.05, 4.69) is 5.32 Å². The molecule has 0 aliphatic heterocycles. The highest BCUT2D eigenvalue weighted by molar-refractivity contribution is 7.90. The Morgan fingerprint density at radius 3 is 2.60 bits per heavy atom. The maximum atomic E-state index is 11.5. The molecule has 1 aromatic rings. The van der Waals surface area contributed by atoms with E-state index in [-0.39, 0.29) is 0 Å². The third-order valence-corrected chi connectivity index (χ3v) is 3.56. The van der Waals surface area contributed by atoms with Crippen LogP contribution in [0.25, 0.3) is 0 Å². The average Bonchev–Trinajstić information content (AvgIpc) is 2.14. The van der Waals surface area contributed by atoms with Gasteiger partial charge in [0, 0.05) is 23.4 Å². The van der Waals surface area contributed by atoms with Crippen molar-refractivity contribution in [1.29, 1.82) is 0 Å². The van der Waals surface area contributed by atoms with Crippen LogP contribution in [0.4, 0.5) is 0 Å². The molecule has 0 heterocycles. The van der Waals surface area contributed by atoms with Crippen molar-refractivity contribution in [3.8, 4) is 0 Å². The zero-order chi connectivity index (χ0) is 11.5. The molecule has 0 aliphatic carbocycles. The summed E-state index contributed by atoms with van der Waals surface area (Å²) in [6.07, 6.45) is 1.19. The Morgan fingerprint density at radius 2 is 2.07 bits per heavy atom. The molecule has 0 saturated carbocycles. The first-order valence-corrected chi connectivity index (χ1v) is 6.92. The van der Waals surface area contributed by atoms with E-state index in [1.54, 1.807) is 18.2 Å². The molecule has 0 spiro atoms. The second kappa shape index (κ2) is 4.96. The fourth-order valence-corrected chi connectivity index (χ4v) is 2.56. The van der Waals surface area contributed by atoms with Gasteiger partial charge in [0.2, 0.25) is 0 Å². The van der Waals surface area contributed by atoms with E-state index in [0.717, 1.165) is 6.54 Å². The molecular formula is C10H14ClNO2S. The summed E-state index contributed by atoms with van der Waals surface area (Å²) in [7, 11) is -3.21. The first-order chi connectivity index (χ1) is 6.96. The molecule has 1 rings (SSSR count). The number of rotatable bonds is 4. The minimum absolute atomic E-state index is 0.302. The van der Waals surface area contributed by atoms with E-state index in [1.807, 2.05) is 6.92 Å². The number of hydrogen-bond donors (Lipinski definition) is 1. The Bertz CT molecular complexity index is 443. The number of halogens is 1. The molecule has 1 aromatic carbocycles. The quantitative estimate of drug-likeness (QED) is 0.883. The van der Waals surface area contributed by atoms with Gasteiger partial charge in [-0.15, -0.1) is 0 Å². The summed E-state index contributed by atoms with van der Waals surface area (Å²) in [5, 5.41) is 3.55. The van der Waals surface area contributed by atoms with Crippen LogP contribution < -0.4 is 5.32 Å². The molecule has 0 aliphatic rings. The Morgan fingerprint density at radius 1 is 1.40 bits per heavy atom. The number of benzene rings is 1. The van der Waals surface area contributed by atoms with E-state index in [1.165, 1.54) is 6.26 Å². The van der Waals surface area contributed by atoms with Crippen molar-refractivity contribution in [3.63, 3.8) is 0 Å². The Labute approximate surface area is 95.4 Å². The van der Waals surface area contributed by atoms with Crippen molar-refractivity contribution >= 4 is 21.4 Å². The zero-order valence-corrected chi connectivity index (χ0v) is 10.3. The predicted molar refractivity (Wildman–Crippen MR) is 61.9 cm³/mol. The molecule has 15 heavy (non-hydrogen) atoms. The monoisotopic (exact) mass is 247 g/mol. The molecule has 0 radical (unpaired) electrons. The van der Waals surface area contributed by atoms with E-state index in [9.17, 15) is 8.42 Å². The molecule has 84 valence electrons. The second-order valence-electron chi connectivity index (χ2n) is 3.27. The highest BCUT2D eigenvalue weighted by atomic mass is 35.5. The Hall–Kier alpha value is -0.580. The molecule has 0 saturated heterocycles. The fourth-order valence-electron chi connectivity index (χ4n) is 1.31. The van der Waals surface area contributed by atoms with Crippen molar-refractivity contribution in [2.75, 3.05) is 12.8 Å². The van der Waals surface area contributed by atoms with Gasteiger partial charge in [-0.05, 0) is 18.7 Å². The third-order valence-electron chi connectivity index (χ3n) is 2.03. The molecule has 0 aromatic heterocycles. The van der Waals surface area contributed by atoms with Crippen LogP contribution in [0.1, 0.15) is 12.5 Å². The zero-order valence-electron chi connectivity index (χ0n) is 8.75. The molecule has 0 atom stereocenters. The minimum atomic E-state index is -3.21. The highest BCUT2D eigenvalue weighted by Crippen LogP contribution is 2.23. The number of hydrogen-bond acceptors (Lipinski definition) is 3. The van der Waals surface area contributed by atoms with E-state index >= 15 is 0 Å². The lowest BCUT2D eigenvalue weighted by Crippen LogP contribution is -2.15. The van der Waals surface area contributed by atoms with E-state index in [4.69, 9.17) is 11.6 Å². The lowest BCUT2D eigenvalue weighted by Gasteiger charge is -2.10. The van der Waals surface area contributed by atoms with Crippen LogP contribution in [0, 0.1) is 0 Å². The molecular weight excluding hydrogens is 234 g/mol. The summed E-state index contributed by atoms with van der Waals surface area (Å²) < 4.78 is 23.0. The van der Waals surface area contributed by atoms with Gasteiger partial charge in [-0.3, -0.25) is 0 Å². The van der Waals surface area contributed by atoms with Gasteiger partial charge in [-0.2, -0.15) is 0 Å². The molecule has 0 amide bonds. The van der Waals surface area contributed by atoms with Gasteiger partial charge < -0.3 is 5.32 Å². The van der Waals surface area contributed by atoms with Gasteiger partial charge in [0.1, 0.15) is 0 Å². The van der Waals surface area contributed by atoms with Gasteiger partial charge in [0.05, 0.1) is 4.90 Å². The number of nitrogens with one attached hydrogen (secondary N) is 1. The molecule has 1 N–H and O–H groups in total. The molecule has 3 nitrogen and oxygen atoms in total. The van der Waals surface area contributed by atoms with Crippen LogP contribution in [0.2, 0.25) is 5.02 Å². The van der Waals surface area contributed by atoms with E-state index < -0.39 is 9.84 Å².